The molecule has 0 radical (unpaired) electrons. The third-order valence-corrected chi connectivity index (χ3v) is 5.46. The van der Waals surface area contributed by atoms with Gasteiger partial charge in [0, 0.05) is 19.4 Å². The third-order valence-electron chi connectivity index (χ3n) is 5.46. The van der Waals surface area contributed by atoms with E-state index in [0.717, 1.165) is 0 Å². The van der Waals surface area contributed by atoms with E-state index in [1.165, 1.54) is 20.8 Å². The van der Waals surface area contributed by atoms with E-state index in [-0.39, 0.29) is 12.0 Å². The number of aromatic nitrogens is 3. The lowest BCUT2D eigenvalue weighted by Crippen LogP contribution is -2.44. The SMILES string of the molecule is CC(=O)O[C@@H]1COCC[C@H]1Nc1ncc2c(C)c(C#N)c(C(C)C(C)(C)F)n2n1. The van der Waals surface area contributed by atoms with Crippen molar-refractivity contribution in [3.05, 3.63) is 23.0 Å². The van der Waals surface area contributed by atoms with Gasteiger partial charge < -0.3 is 14.8 Å². The van der Waals surface area contributed by atoms with Crippen LogP contribution in [0.2, 0.25) is 0 Å². The Kier molecular flexibility index (Phi) is 5.75. The molecule has 29 heavy (non-hydrogen) atoms. The monoisotopic (exact) mass is 403 g/mol. The maximum atomic E-state index is 14.7. The zero-order valence-electron chi connectivity index (χ0n) is 17.3. The average molecular weight is 403 g/mol. The second-order valence-corrected chi connectivity index (χ2v) is 7.92. The van der Waals surface area contributed by atoms with Crippen LogP contribution in [0.25, 0.3) is 5.52 Å². The Morgan fingerprint density at radius 3 is 2.90 bits per heavy atom. The molecule has 0 saturated carbocycles. The van der Waals surface area contributed by atoms with Crippen molar-refractivity contribution in [2.24, 2.45) is 0 Å². The highest BCUT2D eigenvalue weighted by Crippen LogP contribution is 2.36. The number of halogens is 1. The quantitative estimate of drug-likeness (QED) is 0.766. The first-order valence-corrected chi connectivity index (χ1v) is 9.62. The van der Waals surface area contributed by atoms with Gasteiger partial charge in [-0.25, -0.2) is 13.9 Å². The number of aryl methyl sites for hydroxylation is 1. The van der Waals surface area contributed by atoms with Crippen LogP contribution in [-0.2, 0) is 14.3 Å². The largest absolute Gasteiger partial charge is 0.458 e. The fraction of sp³-hybridized carbons (Fsp3) is 0.600. The minimum Gasteiger partial charge on any atom is -0.458 e. The molecule has 0 aromatic carbocycles. The van der Waals surface area contributed by atoms with Crippen molar-refractivity contribution in [1.29, 1.82) is 5.26 Å². The third kappa shape index (κ3) is 4.17. The highest BCUT2D eigenvalue weighted by atomic mass is 19.1. The molecule has 0 amide bonds. The highest BCUT2D eigenvalue weighted by molar-refractivity contribution is 5.66. The van der Waals surface area contributed by atoms with Gasteiger partial charge in [-0.3, -0.25) is 4.79 Å². The summed E-state index contributed by atoms with van der Waals surface area (Å²) in [6.45, 7) is 8.69. The van der Waals surface area contributed by atoms with Gasteiger partial charge in [0.2, 0.25) is 5.95 Å². The van der Waals surface area contributed by atoms with Crippen molar-refractivity contribution >= 4 is 17.4 Å². The maximum absolute atomic E-state index is 14.7. The molecule has 1 aliphatic heterocycles. The predicted molar refractivity (Wildman–Crippen MR) is 104 cm³/mol. The first-order chi connectivity index (χ1) is 13.6. The molecule has 3 atom stereocenters. The molecule has 156 valence electrons. The van der Waals surface area contributed by atoms with Gasteiger partial charge in [-0.05, 0) is 32.8 Å². The van der Waals surface area contributed by atoms with Gasteiger partial charge in [-0.2, -0.15) is 5.26 Å². The molecular formula is C20H26FN5O3. The van der Waals surface area contributed by atoms with Crippen LogP contribution in [0.4, 0.5) is 10.3 Å². The van der Waals surface area contributed by atoms with Gasteiger partial charge >= 0.3 is 5.97 Å². The van der Waals surface area contributed by atoms with Gasteiger partial charge in [0.15, 0.2) is 0 Å². The fourth-order valence-electron chi connectivity index (χ4n) is 3.52. The minimum absolute atomic E-state index is 0.212. The number of esters is 1. The van der Waals surface area contributed by atoms with E-state index in [9.17, 15) is 14.4 Å². The molecule has 2 aromatic heterocycles. The lowest BCUT2D eigenvalue weighted by atomic mass is 9.89. The summed E-state index contributed by atoms with van der Waals surface area (Å²) in [5.74, 6) is -0.631. The molecule has 1 aliphatic rings. The van der Waals surface area contributed by atoms with Gasteiger partial charge in [0.05, 0.1) is 35.6 Å². The van der Waals surface area contributed by atoms with Crippen molar-refractivity contribution < 1.29 is 18.7 Å². The topological polar surface area (TPSA) is 102 Å². The van der Waals surface area contributed by atoms with Gasteiger partial charge in [0.1, 0.15) is 17.8 Å². The van der Waals surface area contributed by atoms with E-state index in [4.69, 9.17) is 9.47 Å². The molecule has 3 rings (SSSR count). The van der Waals surface area contributed by atoms with Crippen LogP contribution in [-0.4, -0.2) is 51.6 Å². The normalized spacial score (nSPS) is 20.9. The summed E-state index contributed by atoms with van der Waals surface area (Å²) >= 11 is 0. The van der Waals surface area contributed by atoms with E-state index in [1.54, 1.807) is 24.6 Å². The molecule has 2 aromatic rings. The summed E-state index contributed by atoms with van der Waals surface area (Å²) in [5.41, 5.74) is 0.766. The number of nitrogens with zero attached hydrogens (tertiary/aromatic N) is 4. The Balaban J connectivity index is 2.01. The van der Waals surface area contributed by atoms with Crippen LogP contribution >= 0.6 is 0 Å². The van der Waals surface area contributed by atoms with Crippen molar-refractivity contribution in [1.82, 2.24) is 14.6 Å². The van der Waals surface area contributed by atoms with Gasteiger partial charge in [-0.15, -0.1) is 5.10 Å². The Labute approximate surface area is 169 Å². The number of rotatable bonds is 5. The van der Waals surface area contributed by atoms with Crippen LogP contribution in [0, 0.1) is 18.3 Å². The number of hydrogen-bond donors (Lipinski definition) is 1. The summed E-state index contributed by atoms with van der Waals surface area (Å²) < 4.78 is 27.0. The number of ether oxygens (including phenoxy) is 2. The molecule has 9 heteroatoms. The smallest absolute Gasteiger partial charge is 0.303 e. The van der Waals surface area contributed by atoms with E-state index >= 15 is 0 Å². The molecule has 0 bridgehead atoms. The predicted octanol–water partition coefficient (Wildman–Crippen LogP) is 2.89. The van der Waals surface area contributed by atoms with Crippen LogP contribution in [0.3, 0.4) is 0 Å². The summed E-state index contributed by atoms with van der Waals surface area (Å²) in [7, 11) is 0. The number of hydrogen-bond acceptors (Lipinski definition) is 7. The zero-order valence-corrected chi connectivity index (χ0v) is 17.3. The number of carbonyl (C=O) groups is 1. The maximum Gasteiger partial charge on any atom is 0.303 e. The second-order valence-electron chi connectivity index (χ2n) is 7.92. The molecule has 0 spiro atoms. The molecule has 8 nitrogen and oxygen atoms in total. The summed E-state index contributed by atoms with van der Waals surface area (Å²) in [6, 6.07) is 1.97. The molecule has 0 aliphatic carbocycles. The van der Waals surface area contributed by atoms with Crippen molar-refractivity contribution in [2.75, 3.05) is 18.5 Å². The number of nitrogens with one attached hydrogen (secondary N) is 1. The Morgan fingerprint density at radius 1 is 1.55 bits per heavy atom. The van der Waals surface area contributed by atoms with Gasteiger partial charge in [-0.1, -0.05) is 6.92 Å². The summed E-state index contributed by atoms with van der Waals surface area (Å²) in [5, 5.41) is 17.4. The van der Waals surface area contributed by atoms with Crippen molar-refractivity contribution in [3.63, 3.8) is 0 Å². The number of alkyl halides is 1. The number of fused-ring (bicyclic) bond motifs is 1. The Hall–Kier alpha value is -2.73. The zero-order chi connectivity index (χ0) is 21.3. The van der Waals surface area contributed by atoms with E-state index in [0.29, 0.717) is 47.9 Å². The second kappa shape index (κ2) is 7.95. The highest BCUT2D eigenvalue weighted by Gasteiger charge is 2.33. The average Bonchev–Trinajstić information content (AvgIpc) is 2.92. The molecule has 1 fully saturated rings. The first kappa shape index (κ1) is 21.0. The molecule has 1 unspecified atom stereocenters. The van der Waals surface area contributed by atoms with Crippen molar-refractivity contribution in [3.8, 4) is 6.07 Å². The number of nitriles is 1. The Bertz CT molecular complexity index is 960. The lowest BCUT2D eigenvalue weighted by Gasteiger charge is -2.31. The van der Waals surface area contributed by atoms with Crippen LogP contribution in [0.5, 0.6) is 0 Å². The van der Waals surface area contributed by atoms with Crippen LogP contribution < -0.4 is 5.32 Å². The van der Waals surface area contributed by atoms with E-state index in [2.05, 4.69) is 21.5 Å². The van der Waals surface area contributed by atoms with Crippen molar-refractivity contribution in [2.45, 2.75) is 64.8 Å². The Morgan fingerprint density at radius 2 is 2.28 bits per heavy atom. The van der Waals surface area contributed by atoms with E-state index in [1.807, 2.05) is 0 Å². The number of carbonyl (C=O) groups excluding carboxylic acids is 1. The van der Waals surface area contributed by atoms with Gasteiger partial charge in [0.25, 0.3) is 0 Å². The standard InChI is InChI=1S/C20H26FN5O3/c1-11-14(8-22)18(12(2)20(4,5)21)26-16(11)9-23-19(25-26)24-15-6-7-28-10-17(15)29-13(3)27/h9,12,15,17H,6-7,10H2,1-5H3,(H,24,25)/t12?,15-,17-/m1/s1. The molecule has 3 heterocycles. The summed E-state index contributed by atoms with van der Waals surface area (Å²) in [4.78, 5) is 15.7. The summed E-state index contributed by atoms with van der Waals surface area (Å²) in [6.07, 6.45) is 1.78. The molecule has 1 N–H and O–H groups in total. The number of anilines is 1. The minimum atomic E-state index is -1.54. The van der Waals surface area contributed by atoms with Crippen LogP contribution in [0.1, 0.15) is 56.9 Å². The van der Waals surface area contributed by atoms with Crippen LogP contribution in [0.15, 0.2) is 6.20 Å². The molecule has 1 saturated heterocycles. The van der Waals surface area contributed by atoms with E-state index < -0.39 is 17.7 Å². The lowest BCUT2D eigenvalue weighted by molar-refractivity contribution is -0.153. The fourth-order valence-corrected chi connectivity index (χ4v) is 3.52. The first-order valence-electron chi connectivity index (χ1n) is 9.62. The molecular weight excluding hydrogens is 377 g/mol.